The summed E-state index contributed by atoms with van der Waals surface area (Å²) in [5.41, 5.74) is 17.4. The SMILES string of the molecule is CCC(C)C(NC(=O)C(CCC(=O)O)NC(=O)C(CCC(=O)O)NC(=O)C(CCC(=O)O)NC(=O)C(N)Cc1ccc(O)cc1)C(=O)NC(CCCN=C(N)N)C(=O)NC(C(C)=O)C(C)C. The van der Waals surface area contributed by atoms with Crippen LogP contribution in [0.2, 0.25) is 0 Å². The van der Waals surface area contributed by atoms with Gasteiger partial charge in [0.05, 0.1) is 12.1 Å². The topological polar surface area (TPSA) is 414 Å². The monoisotopic (exact) mass is 934 g/mol. The molecule has 0 saturated heterocycles. The van der Waals surface area contributed by atoms with Crippen LogP contribution in [0.4, 0.5) is 0 Å². The largest absolute Gasteiger partial charge is 0.508 e. The molecule has 0 aliphatic heterocycles. The highest BCUT2D eigenvalue weighted by molar-refractivity contribution is 5.97. The Morgan fingerprint density at radius 1 is 0.591 bits per heavy atom. The van der Waals surface area contributed by atoms with Crippen molar-refractivity contribution in [3.05, 3.63) is 29.8 Å². The van der Waals surface area contributed by atoms with Crippen LogP contribution in [0.3, 0.4) is 0 Å². The molecule has 368 valence electrons. The highest BCUT2D eigenvalue weighted by atomic mass is 16.4. The minimum atomic E-state index is -1.75. The number of carbonyl (C=O) groups is 10. The van der Waals surface area contributed by atoms with Crippen LogP contribution in [0.5, 0.6) is 5.75 Å². The maximum atomic E-state index is 14.0. The Kier molecular flexibility index (Phi) is 25.0. The second-order valence-corrected chi connectivity index (χ2v) is 16.2. The predicted octanol–water partition coefficient (Wildman–Crippen LogP) is -1.89. The van der Waals surface area contributed by atoms with E-state index in [1.165, 1.54) is 31.2 Å². The number of hydrogen-bond acceptors (Lipinski definition) is 13. The summed E-state index contributed by atoms with van der Waals surface area (Å²) >= 11 is 0. The van der Waals surface area contributed by atoms with Crippen molar-refractivity contribution >= 4 is 65.1 Å². The predicted molar refractivity (Wildman–Crippen MR) is 237 cm³/mol. The van der Waals surface area contributed by atoms with Crippen molar-refractivity contribution in [3.63, 3.8) is 0 Å². The molecule has 8 unspecified atom stereocenters. The molecule has 6 amide bonds. The lowest BCUT2D eigenvalue weighted by molar-refractivity contribution is -0.140. The van der Waals surface area contributed by atoms with Crippen molar-refractivity contribution in [1.82, 2.24) is 31.9 Å². The molecule has 1 aromatic carbocycles. The summed E-state index contributed by atoms with van der Waals surface area (Å²) in [5, 5.41) is 52.6. The minimum absolute atomic E-state index is 0.00749. The number of phenols is 1. The summed E-state index contributed by atoms with van der Waals surface area (Å²) in [6.07, 6.45) is -3.27. The van der Waals surface area contributed by atoms with Crippen LogP contribution >= 0.6 is 0 Å². The van der Waals surface area contributed by atoms with Gasteiger partial charge in [-0.25, -0.2) is 0 Å². The van der Waals surface area contributed by atoms with Gasteiger partial charge in [-0.05, 0) is 75.0 Å². The van der Waals surface area contributed by atoms with E-state index in [-0.39, 0.29) is 55.6 Å². The number of carbonyl (C=O) groups excluding carboxylic acids is 7. The maximum absolute atomic E-state index is 14.0. The van der Waals surface area contributed by atoms with Gasteiger partial charge in [0, 0.05) is 25.8 Å². The number of amides is 6. The average Bonchev–Trinajstić information content (AvgIpc) is 3.23. The molecule has 8 atom stereocenters. The summed E-state index contributed by atoms with van der Waals surface area (Å²) in [6.45, 7) is 8.12. The molecule has 0 aliphatic rings. The molecule has 0 aromatic heterocycles. The number of ketones is 1. The molecule has 0 saturated carbocycles. The van der Waals surface area contributed by atoms with E-state index in [0.717, 1.165) is 0 Å². The second kappa shape index (κ2) is 28.8. The number of Topliss-reactive ketones (excluding diaryl/α,β-unsaturated/α-hetero) is 1. The number of benzene rings is 1. The van der Waals surface area contributed by atoms with Crippen LogP contribution in [0, 0.1) is 11.8 Å². The van der Waals surface area contributed by atoms with E-state index in [0.29, 0.717) is 5.56 Å². The number of rotatable bonds is 31. The van der Waals surface area contributed by atoms with Gasteiger partial charge in [0.2, 0.25) is 35.4 Å². The third-order valence-electron chi connectivity index (χ3n) is 10.3. The molecule has 0 heterocycles. The van der Waals surface area contributed by atoms with Crippen molar-refractivity contribution in [2.45, 2.75) is 141 Å². The second-order valence-electron chi connectivity index (χ2n) is 16.2. The van der Waals surface area contributed by atoms with Crippen molar-refractivity contribution in [2.24, 2.45) is 34.0 Å². The lowest BCUT2D eigenvalue weighted by atomic mass is 9.96. The van der Waals surface area contributed by atoms with Crippen molar-refractivity contribution in [3.8, 4) is 5.75 Å². The van der Waals surface area contributed by atoms with E-state index in [9.17, 15) is 68.4 Å². The van der Waals surface area contributed by atoms with E-state index >= 15 is 0 Å². The van der Waals surface area contributed by atoms with Crippen LogP contribution < -0.4 is 49.1 Å². The number of aromatic hydroxyl groups is 1. The van der Waals surface area contributed by atoms with E-state index in [1.54, 1.807) is 27.7 Å². The molecule has 66 heavy (non-hydrogen) atoms. The van der Waals surface area contributed by atoms with E-state index in [1.807, 2.05) is 0 Å². The van der Waals surface area contributed by atoms with Gasteiger partial charge in [-0.3, -0.25) is 52.9 Å². The molecule has 0 aliphatic carbocycles. The van der Waals surface area contributed by atoms with Gasteiger partial charge >= 0.3 is 17.9 Å². The van der Waals surface area contributed by atoms with Crippen molar-refractivity contribution in [2.75, 3.05) is 6.54 Å². The fourth-order valence-corrected chi connectivity index (χ4v) is 6.39. The lowest BCUT2D eigenvalue weighted by Crippen LogP contribution is -2.61. The van der Waals surface area contributed by atoms with Gasteiger partial charge < -0.3 is 69.5 Å². The number of carboxylic acid groups (broad SMARTS) is 3. The highest BCUT2D eigenvalue weighted by Crippen LogP contribution is 2.14. The van der Waals surface area contributed by atoms with Crippen LogP contribution in [0.1, 0.15) is 98.0 Å². The number of guanidine groups is 1. The molecular formula is C42H66N10O14. The van der Waals surface area contributed by atoms with E-state index in [2.05, 4.69) is 36.9 Å². The Hall–Kier alpha value is -6.85. The quantitative estimate of drug-likeness (QED) is 0.0220. The zero-order chi connectivity index (χ0) is 50.3. The fourth-order valence-electron chi connectivity index (χ4n) is 6.39. The molecule has 1 aromatic rings. The van der Waals surface area contributed by atoms with Crippen LogP contribution in [0.25, 0.3) is 0 Å². The number of phenolic OH excluding ortho intramolecular Hbond substituents is 1. The molecule has 0 spiro atoms. The van der Waals surface area contributed by atoms with Crippen molar-refractivity contribution in [1.29, 1.82) is 0 Å². The first-order valence-corrected chi connectivity index (χ1v) is 21.4. The Morgan fingerprint density at radius 2 is 0.985 bits per heavy atom. The molecular weight excluding hydrogens is 869 g/mol. The Morgan fingerprint density at radius 3 is 1.38 bits per heavy atom. The zero-order valence-electron chi connectivity index (χ0n) is 37.8. The first-order chi connectivity index (χ1) is 30.9. The van der Waals surface area contributed by atoms with Gasteiger partial charge in [0.25, 0.3) is 0 Å². The number of nitrogens with zero attached hydrogens (tertiary/aromatic N) is 1. The number of nitrogens with two attached hydrogens (primary N) is 3. The minimum Gasteiger partial charge on any atom is -0.508 e. The summed E-state index contributed by atoms with van der Waals surface area (Å²) in [7, 11) is 0. The Bertz CT molecular complexity index is 1890. The normalized spacial score (nSPS) is 14.6. The van der Waals surface area contributed by atoms with Gasteiger partial charge in [0.15, 0.2) is 11.7 Å². The lowest BCUT2D eigenvalue weighted by Gasteiger charge is -2.30. The summed E-state index contributed by atoms with van der Waals surface area (Å²) in [5.74, 6) is -11.4. The molecule has 0 radical (unpaired) electrons. The molecule has 16 N–H and O–H groups in total. The fraction of sp³-hybridized carbons (Fsp3) is 0.595. The number of aliphatic carboxylic acids is 3. The molecule has 0 bridgehead atoms. The smallest absolute Gasteiger partial charge is 0.303 e. The molecule has 0 fully saturated rings. The van der Waals surface area contributed by atoms with Crippen LogP contribution in [-0.4, -0.2) is 134 Å². The van der Waals surface area contributed by atoms with Crippen LogP contribution in [-0.2, 0) is 54.4 Å². The zero-order valence-corrected chi connectivity index (χ0v) is 37.8. The van der Waals surface area contributed by atoms with E-state index in [4.69, 9.17) is 17.2 Å². The number of hydrogen-bond donors (Lipinski definition) is 13. The van der Waals surface area contributed by atoms with Gasteiger partial charge in [0.1, 0.15) is 36.0 Å². The maximum Gasteiger partial charge on any atom is 0.303 e. The summed E-state index contributed by atoms with van der Waals surface area (Å²) in [6, 6.07) is -4.14. The first-order valence-electron chi connectivity index (χ1n) is 21.4. The number of nitrogens with one attached hydrogen (secondary N) is 6. The van der Waals surface area contributed by atoms with E-state index < -0.39 is 140 Å². The van der Waals surface area contributed by atoms with Gasteiger partial charge in [-0.2, -0.15) is 0 Å². The Labute approximate surface area is 382 Å². The molecule has 24 heteroatoms. The third kappa shape index (κ3) is 21.7. The van der Waals surface area contributed by atoms with Gasteiger partial charge in [-0.15, -0.1) is 0 Å². The Balaban J connectivity index is 3.46. The number of aliphatic imine (C=N–C) groups is 1. The molecule has 1 rings (SSSR count). The average molecular weight is 935 g/mol. The summed E-state index contributed by atoms with van der Waals surface area (Å²) < 4.78 is 0. The van der Waals surface area contributed by atoms with Crippen molar-refractivity contribution < 1.29 is 68.4 Å². The standard InChI is InChI=1S/C42H66N10O14/c1-6-22(4)35(41(66)50-27(8-7-19-46-42(44)45)39(64)51-34(21(2)3)23(5)53)52-40(65)30(15-18-33(59)60)49-38(63)29(14-17-32(57)58)48-37(62)28(13-16-31(55)56)47-36(61)26(43)20-24-9-11-25(54)12-10-24/h9-12,21-22,26-30,34-35,54H,6-8,13-20,43H2,1-5H3,(H,47,61)(H,48,62)(H,49,63)(H,50,66)(H,51,64)(H,52,65)(H,55,56)(H,57,58)(H,59,60)(H4,44,45,46). The number of carboxylic acids is 3. The van der Waals surface area contributed by atoms with Crippen LogP contribution in [0.15, 0.2) is 29.3 Å². The molecule has 24 nitrogen and oxygen atoms in total. The highest BCUT2D eigenvalue weighted by Gasteiger charge is 2.35. The summed E-state index contributed by atoms with van der Waals surface area (Å²) in [4.78, 5) is 133. The van der Waals surface area contributed by atoms with Gasteiger partial charge in [-0.1, -0.05) is 46.2 Å². The first kappa shape index (κ1) is 57.2. The third-order valence-corrected chi connectivity index (χ3v) is 10.3.